The maximum Gasteiger partial charge on any atom is 0.289 e. The zero-order valence-electron chi connectivity index (χ0n) is 15.1. The lowest BCUT2D eigenvalue weighted by molar-refractivity contribution is 0.0647. The molecular formula is C20H19BrN4O3. The van der Waals surface area contributed by atoms with Gasteiger partial charge in [-0.05, 0) is 65.0 Å². The van der Waals surface area contributed by atoms with E-state index in [0.717, 1.165) is 24.1 Å². The highest BCUT2D eigenvalue weighted by molar-refractivity contribution is 9.10. The van der Waals surface area contributed by atoms with Crippen LogP contribution in [0.1, 0.15) is 23.4 Å². The molecule has 0 spiro atoms. The van der Waals surface area contributed by atoms with Crippen LogP contribution in [-0.2, 0) is 6.54 Å². The number of rotatable bonds is 4. The van der Waals surface area contributed by atoms with E-state index in [1.807, 2.05) is 12.1 Å². The van der Waals surface area contributed by atoms with Crippen molar-refractivity contribution in [3.05, 3.63) is 69.6 Å². The van der Waals surface area contributed by atoms with Crippen molar-refractivity contribution in [3.63, 3.8) is 0 Å². The zero-order chi connectivity index (χ0) is 19.5. The van der Waals surface area contributed by atoms with Gasteiger partial charge in [0.25, 0.3) is 11.5 Å². The number of piperidine rings is 1. The van der Waals surface area contributed by atoms with Gasteiger partial charge < -0.3 is 9.32 Å². The van der Waals surface area contributed by atoms with Gasteiger partial charge >= 0.3 is 0 Å². The summed E-state index contributed by atoms with van der Waals surface area (Å²) in [5.74, 6) is 0.540. The van der Waals surface area contributed by atoms with Gasteiger partial charge in [0, 0.05) is 43.7 Å². The number of amides is 1. The van der Waals surface area contributed by atoms with Crippen molar-refractivity contribution in [2.24, 2.45) is 5.92 Å². The second-order valence-corrected chi connectivity index (χ2v) is 7.60. The molecule has 1 amide bonds. The minimum absolute atomic E-state index is 0.0980. The molecule has 3 aromatic heterocycles. The Morgan fingerprint density at radius 1 is 1.11 bits per heavy atom. The molecule has 4 rings (SSSR count). The number of pyridine rings is 1. The molecule has 1 fully saturated rings. The van der Waals surface area contributed by atoms with E-state index in [1.54, 1.807) is 41.6 Å². The first-order valence-corrected chi connectivity index (χ1v) is 9.92. The Bertz CT molecular complexity index is 1020. The normalized spacial score (nSPS) is 15.0. The maximum absolute atomic E-state index is 12.5. The molecule has 144 valence electrons. The van der Waals surface area contributed by atoms with E-state index >= 15 is 0 Å². The SMILES string of the molecule is O=C(c1ccc(Br)o1)N1CCC(Cn2nc(-c3ccncc3)ccc2=O)CC1. The van der Waals surface area contributed by atoms with Gasteiger partial charge in [-0.3, -0.25) is 14.6 Å². The lowest BCUT2D eigenvalue weighted by Crippen LogP contribution is -2.40. The molecule has 4 heterocycles. The summed E-state index contributed by atoms with van der Waals surface area (Å²) in [5, 5.41) is 4.52. The number of furan rings is 1. The quantitative estimate of drug-likeness (QED) is 0.619. The van der Waals surface area contributed by atoms with Crippen LogP contribution in [0.25, 0.3) is 11.3 Å². The van der Waals surface area contributed by atoms with Gasteiger partial charge in [-0.2, -0.15) is 5.10 Å². The molecule has 0 bridgehead atoms. The topological polar surface area (TPSA) is 81.2 Å². The van der Waals surface area contributed by atoms with Gasteiger partial charge in [0.15, 0.2) is 10.4 Å². The maximum atomic E-state index is 12.5. The molecule has 28 heavy (non-hydrogen) atoms. The third kappa shape index (κ3) is 4.06. The Kier molecular flexibility index (Phi) is 5.38. The van der Waals surface area contributed by atoms with E-state index < -0.39 is 0 Å². The van der Waals surface area contributed by atoms with Crippen LogP contribution >= 0.6 is 15.9 Å². The largest absolute Gasteiger partial charge is 0.444 e. The van der Waals surface area contributed by atoms with Crippen LogP contribution < -0.4 is 5.56 Å². The number of halogens is 1. The van der Waals surface area contributed by atoms with Crippen LogP contribution in [0.3, 0.4) is 0 Å². The number of carbonyl (C=O) groups excluding carboxylic acids is 1. The van der Waals surface area contributed by atoms with Gasteiger partial charge in [-0.25, -0.2) is 4.68 Å². The zero-order valence-corrected chi connectivity index (χ0v) is 16.7. The van der Waals surface area contributed by atoms with Crippen LogP contribution in [0.15, 0.2) is 62.7 Å². The third-order valence-corrected chi connectivity index (χ3v) is 5.39. The molecule has 0 aromatic carbocycles. The number of likely N-dealkylation sites (tertiary alicyclic amines) is 1. The molecule has 0 atom stereocenters. The van der Waals surface area contributed by atoms with Crippen LogP contribution in [0, 0.1) is 5.92 Å². The highest BCUT2D eigenvalue weighted by Gasteiger charge is 2.26. The van der Waals surface area contributed by atoms with E-state index in [2.05, 4.69) is 26.0 Å². The summed E-state index contributed by atoms with van der Waals surface area (Å²) in [4.78, 5) is 30.5. The van der Waals surface area contributed by atoms with E-state index in [1.165, 1.54) is 4.68 Å². The fraction of sp³-hybridized carbons (Fsp3) is 0.300. The van der Waals surface area contributed by atoms with Crippen molar-refractivity contribution < 1.29 is 9.21 Å². The predicted octanol–water partition coefficient (Wildman–Crippen LogP) is 3.21. The molecular weight excluding hydrogens is 424 g/mol. The molecule has 0 saturated carbocycles. The van der Waals surface area contributed by atoms with Gasteiger partial charge in [0.2, 0.25) is 0 Å². The highest BCUT2D eigenvalue weighted by Crippen LogP contribution is 2.22. The summed E-state index contributed by atoms with van der Waals surface area (Å²) in [6.07, 6.45) is 5.05. The Balaban J connectivity index is 1.41. The molecule has 0 radical (unpaired) electrons. The van der Waals surface area contributed by atoms with Crippen LogP contribution in [-0.4, -0.2) is 38.7 Å². The summed E-state index contributed by atoms with van der Waals surface area (Å²) in [7, 11) is 0. The molecule has 0 aliphatic carbocycles. The molecule has 0 unspecified atom stereocenters. The molecule has 1 saturated heterocycles. The number of hydrogen-bond acceptors (Lipinski definition) is 5. The smallest absolute Gasteiger partial charge is 0.289 e. The second kappa shape index (κ2) is 8.10. The van der Waals surface area contributed by atoms with Crippen LogP contribution in [0.5, 0.6) is 0 Å². The van der Waals surface area contributed by atoms with E-state index in [4.69, 9.17) is 4.42 Å². The first kappa shape index (κ1) is 18.6. The van der Waals surface area contributed by atoms with Crippen molar-refractivity contribution in [2.75, 3.05) is 13.1 Å². The standard InChI is InChI=1S/C20H19BrN4O3/c21-18-3-2-17(28-18)20(27)24-11-7-14(8-12-24)13-25-19(26)4-1-16(23-25)15-5-9-22-10-6-15/h1-6,9-10,14H,7-8,11-13H2. The first-order valence-electron chi connectivity index (χ1n) is 9.13. The highest BCUT2D eigenvalue weighted by atomic mass is 79.9. The molecule has 7 nitrogen and oxygen atoms in total. The summed E-state index contributed by atoms with van der Waals surface area (Å²) in [5.41, 5.74) is 1.56. The number of aromatic nitrogens is 3. The van der Waals surface area contributed by atoms with Crippen molar-refractivity contribution in [2.45, 2.75) is 19.4 Å². The second-order valence-electron chi connectivity index (χ2n) is 6.81. The van der Waals surface area contributed by atoms with Crippen molar-refractivity contribution in [1.82, 2.24) is 19.7 Å². The minimum Gasteiger partial charge on any atom is -0.444 e. The number of nitrogens with zero attached hydrogens (tertiary/aromatic N) is 4. The summed E-state index contributed by atoms with van der Waals surface area (Å²) < 4.78 is 7.43. The molecule has 3 aromatic rings. The average Bonchev–Trinajstić information content (AvgIpc) is 3.17. The van der Waals surface area contributed by atoms with Crippen molar-refractivity contribution >= 4 is 21.8 Å². The lowest BCUT2D eigenvalue weighted by atomic mass is 9.96. The van der Waals surface area contributed by atoms with Gasteiger partial charge in [0.1, 0.15) is 0 Å². The molecule has 1 aliphatic rings. The summed E-state index contributed by atoms with van der Waals surface area (Å²) >= 11 is 3.22. The Labute approximate surface area is 170 Å². The van der Waals surface area contributed by atoms with Gasteiger partial charge in [0.05, 0.1) is 5.69 Å². The fourth-order valence-electron chi connectivity index (χ4n) is 3.40. The van der Waals surface area contributed by atoms with Gasteiger partial charge in [-0.1, -0.05) is 0 Å². The van der Waals surface area contributed by atoms with E-state index in [9.17, 15) is 9.59 Å². The summed E-state index contributed by atoms with van der Waals surface area (Å²) in [6, 6.07) is 10.4. The monoisotopic (exact) mass is 442 g/mol. The van der Waals surface area contributed by atoms with Crippen LogP contribution in [0.4, 0.5) is 0 Å². The van der Waals surface area contributed by atoms with E-state index in [0.29, 0.717) is 36.0 Å². The van der Waals surface area contributed by atoms with Gasteiger partial charge in [-0.15, -0.1) is 0 Å². The van der Waals surface area contributed by atoms with Crippen molar-refractivity contribution in [3.8, 4) is 11.3 Å². The fourth-order valence-corrected chi connectivity index (χ4v) is 3.71. The van der Waals surface area contributed by atoms with Crippen molar-refractivity contribution in [1.29, 1.82) is 0 Å². The summed E-state index contributed by atoms with van der Waals surface area (Å²) in [6.45, 7) is 1.83. The number of hydrogen-bond donors (Lipinski definition) is 0. The molecule has 8 heteroatoms. The molecule has 0 N–H and O–H groups in total. The first-order chi connectivity index (χ1) is 13.6. The lowest BCUT2D eigenvalue weighted by Gasteiger charge is -2.31. The van der Waals surface area contributed by atoms with E-state index in [-0.39, 0.29) is 11.5 Å². The Hall–Kier alpha value is -2.74. The Morgan fingerprint density at radius 2 is 1.86 bits per heavy atom. The minimum atomic E-state index is -0.114. The molecule has 1 aliphatic heterocycles. The average molecular weight is 443 g/mol. The predicted molar refractivity (Wildman–Crippen MR) is 107 cm³/mol. The van der Waals surface area contributed by atoms with Crippen LogP contribution in [0.2, 0.25) is 0 Å². The number of carbonyl (C=O) groups is 1. The Morgan fingerprint density at radius 3 is 2.54 bits per heavy atom. The third-order valence-electron chi connectivity index (χ3n) is 4.96.